The van der Waals surface area contributed by atoms with Gasteiger partial charge in [0.2, 0.25) is 11.9 Å². The largest absolute Gasteiger partial charge is 0.433 e. The van der Waals surface area contributed by atoms with Crippen molar-refractivity contribution in [1.29, 1.82) is 0 Å². The molecule has 1 N–H and O–H groups in total. The van der Waals surface area contributed by atoms with Gasteiger partial charge in [-0.25, -0.2) is 9.97 Å². The topological polar surface area (TPSA) is 59.8 Å². The summed E-state index contributed by atoms with van der Waals surface area (Å²) < 4.78 is 40.7. The van der Waals surface area contributed by atoms with Gasteiger partial charge in [0.05, 0.1) is 5.70 Å². The maximum Gasteiger partial charge on any atom is 0.433 e. The van der Waals surface area contributed by atoms with E-state index < -0.39 is 11.9 Å². The first-order valence-electron chi connectivity index (χ1n) is 9.03. The highest BCUT2D eigenvalue weighted by Gasteiger charge is 2.33. The van der Waals surface area contributed by atoms with Crippen molar-refractivity contribution in [3.63, 3.8) is 0 Å². The summed E-state index contributed by atoms with van der Waals surface area (Å²) in [5.74, 6) is -0.155. The number of imidazole rings is 1. The third-order valence-corrected chi connectivity index (χ3v) is 4.70. The molecule has 1 aliphatic carbocycles. The van der Waals surface area contributed by atoms with Gasteiger partial charge in [0.25, 0.3) is 0 Å². The number of benzene rings is 1. The predicted octanol–water partition coefficient (Wildman–Crippen LogP) is 4.99. The SMILES string of the molecule is C[C@@H](CC(=O)Nc1nc2ccc(C(F)(F)F)nc2n1C1=CC=C1)c1ccccc1. The molecule has 3 aromatic rings. The molecule has 0 aliphatic heterocycles. The van der Waals surface area contributed by atoms with Gasteiger partial charge in [0.1, 0.15) is 11.2 Å². The van der Waals surface area contributed by atoms with Crippen LogP contribution in [0.4, 0.5) is 19.1 Å². The number of rotatable bonds is 5. The number of nitrogens with one attached hydrogen (secondary N) is 1. The fraction of sp³-hybridized carbons (Fsp3) is 0.190. The van der Waals surface area contributed by atoms with E-state index in [0.29, 0.717) is 5.70 Å². The Morgan fingerprint density at radius 2 is 1.86 bits per heavy atom. The van der Waals surface area contributed by atoms with E-state index in [1.54, 1.807) is 18.2 Å². The number of halogens is 3. The van der Waals surface area contributed by atoms with Crippen LogP contribution >= 0.6 is 0 Å². The second-order valence-corrected chi connectivity index (χ2v) is 6.82. The lowest BCUT2D eigenvalue weighted by Gasteiger charge is -2.15. The van der Waals surface area contributed by atoms with Crippen molar-refractivity contribution >= 4 is 28.7 Å². The number of hydrogen-bond acceptors (Lipinski definition) is 3. The Kier molecular flexibility index (Phi) is 4.70. The first kappa shape index (κ1) is 18.9. The van der Waals surface area contributed by atoms with Crippen LogP contribution in [0.3, 0.4) is 0 Å². The standard InChI is InChI=1S/C21H17F3N4O/c1-13(14-6-3-2-4-7-14)12-18(29)27-20-25-16-10-11-17(21(22,23)24)26-19(16)28(20)15-8-5-9-15/h2-11,13H,12H2,1H3,(H,25,27,29)/t13-/m0/s1. The minimum absolute atomic E-state index is 0.0215. The van der Waals surface area contributed by atoms with Crippen LogP contribution < -0.4 is 5.32 Å². The second kappa shape index (κ2) is 7.20. The quantitative estimate of drug-likeness (QED) is 0.659. The zero-order valence-corrected chi connectivity index (χ0v) is 15.4. The molecule has 4 rings (SSSR count). The lowest BCUT2D eigenvalue weighted by Crippen LogP contribution is -2.18. The Balaban J connectivity index is 1.64. The molecule has 5 nitrogen and oxygen atoms in total. The average molecular weight is 398 g/mol. The molecule has 2 aromatic heterocycles. The summed E-state index contributed by atoms with van der Waals surface area (Å²) in [4.78, 5) is 20.6. The molecule has 1 amide bonds. The van der Waals surface area contributed by atoms with Crippen LogP contribution in [0.1, 0.15) is 30.5 Å². The minimum Gasteiger partial charge on any atom is -0.296 e. The fourth-order valence-electron chi connectivity index (χ4n) is 3.13. The van der Waals surface area contributed by atoms with Crippen molar-refractivity contribution in [1.82, 2.24) is 14.5 Å². The van der Waals surface area contributed by atoms with E-state index in [4.69, 9.17) is 0 Å². The van der Waals surface area contributed by atoms with E-state index in [0.717, 1.165) is 11.6 Å². The Morgan fingerprint density at radius 1 is 1.14 bits per heavy atom. The molecule has 8 heteroatoms. The molecule has 0 spiro atoms. The molecule has 0 unspecified atom stereocenters. The molecular weight excluding hydrogens is 381 g/mol. The van der Waals surface area contributed by atoms with E-state index in [9.17, 15) is 18.0 Å². The minimum atomic E-state index is -4.57. The number of aromatic nitrogens is 3. The number of anilines is 1. The molecule has 29 heavy (non-hydrogen) atoms. The smallest absolute Gasteiger partial charge is 0.296 e. The van der Waals surface area contributed by atoms with Crippen LogP contribution in [-0.4, -0.2) is 20.4 Å². The summed E-state index contributed by atoms with van der Waals surface area (Å²) in [7, 11) is 0. The number of fused-ring (bicyclic) bond motifs is 1. The van der Waals surface area contributed by atoms with Crippen molar-refractivity contribution in [2.45, 2.75) is 25.4 Å². The first-order valence-corrected chi connectivity index (χ1v) is 9.03. The van der Waals surface area contributed by atoms with Crippen LogP contribution in [0.15, 0.2) is 60.7 Å². The van der Waals surface area contributed by atoms with Gasteiger partial charge in [-0.15, -0.1) is 0 Å². The van der Waals surface area contributed by atoms with E-state index in [1.165, 1.54) is 10.6 Å². The molecular formula is C21H17F3N4O. The maximum atomic E-state index is 13.1. The third-order valence-electron chi connectivity index (χ3n) is 4.70. The first-order chi connectivity index (χ1) is 13.8. The Bertz CT molecular complexity index is 1130. The molecule has 0 bridgehead atoms. The fourth-order valence-corrected chi connectivity index (χ4v) is 3.13. The highest BCUT2D eigenvalue weighted by atomic mass is 19.4. The molecule has 2 heterocycles. The Morgan fingerprint density at radius 3 is 2.48 bits per heavy atom. The molecule has 1 aliphatic rings. The number of carbonyl (C=O) groups is 1. The van der Waals surface area contributed by atoms with Gasteiger partial charge >= 0.3 is 6.18 Å². The van der Waals surface area contributed by atoms with Gasteiger partial charge in [-0.3, -0.25) is 14.7 Å². The third kappa shape index (κ3) is 3.78. The van der Waals surface area contributed by atoms with E-state index in [2.05, 4.69) is 15.3 Å². The van der Waals surface area contributed by atoms with Gasteiger partial charge in [-0.05, 0) is 35.8 Å². The molecule has 1 atom stereocenters. The van der Waals surface area contributed by atoms with Gasteiger partial charge in [-0.1, -0.05) is 43.3 Å². The second-order valence-electron chi connectivity index (χ2n) is 6.82. The Hall–Kier alpha value is -3.42. The summed E-state index contributed by atoms with van der Waals surface area (Å²) in [5.41, 5.74) is 0.932. The summed E-state index contributed by atoms with van der Waals surface area (Å²) >= 11 is 0. The monoisotopic (exact) mass is 398 g/mol. The van der Waals surface area contributed by atoms with Gasteiger partial charge in [0, 0.05) is 6.42 Å². The number of pyridine rings is 1. The average Bonchev–Trinajstić information content (AvgIpc) is 2.97. The zero-order chi connectivity index (χ0) is 20.6. The van der Waals surface area contributed by atoms with Gasteiger partial charge in [0.15, 0.2) is 5.65 Å². The summed E-state index contributed by atoms with van der Waals surface area (Å²) in [6.07, 6.45) is 0.819. The van der Waals surface area contributed by atoms with Crippen LogP contribution in [0.2, 0.25) is 0 Å². The number of nitrogens with zero attached hydrogens (tertiary/aromatic N) is 3. The highest BCUT2D eigenvalue weighted by Crippen LogP contribution is 2.32. The molecule has 1 aromatic carbocycles. The van der Waals surface area contributed by atoms with Crippen LogP contribution in [0.5, 0.6) is 0 Å². The predicted molar refractivity (Wildman–Crippen MR) is 104 cm³/mol. The summed E-state index contributed by atoms with van der Waals surface area (Å²) in [6, 6.07) is 11.7. The zero-order valence-electron chi connectivity index (χ0n) is 15.4. The maximum absolute atomic E-state index is 13.1. The number of carbonyl (C=O) groups excluding carboxylic acids is 1. The van der Waals surface area contributed by atoms with Gasteiger partial charge < -0.3 is 0 Å². The van der Waals surface area contributed by atoms with Crippen molar-refractivity contribution in [2.24, 2.45) is 0 Å². The number of hydrogen-bond donors (Lipinski definition) is 1. The Labute approximate surface area is 164 Å². The molecule has 0 fully saturated rings. The lowest BCUT2D eigenvalue weighted by atomic mass is 9.98. The van der Waals surface area contributed by atoms with Crippen LogP contribution in [-0.2, 0) is 11.0 Å². The lowest BCUT2D eigenvalue weighted by molar-refractivity contribution is -0.141. The molecule has 148 valence electrons. The van der Waals surface area contributed by atoms with Crippen molar-refractivity contribution in [3.8, 4) is 0 Å². The van der Waals surface area contributed by atoms with Gasteiger partial charge in [-0.2, -0.15) is 13.2 Å². The number of alkyl halides is 3. The van der Waals surface area contributed by atoms with E-state index in [1.807, 2.05) is 37.3 Å². The van der Waals surface area contributed by atoms with E-state index >= 15 is 0 Å². The molecule has 0 radical (unpaired) electrons. The number of allylic oxidation sites excluding steroid dienone is 4. The van der Waals surface area contributed by atoms with Crippen LogP contribution in [0, 0.1) is 0 Å². The molecule has 0 saturated heterocycles. The van der Waals surface area contributed by atoms with Crippen molar-refractivity contribution in [2.75, 3.05) is 5.32 Å². The summed E-state index contributed by atoms with van der Waals surface area (Å²) in [5, 5.41) is 2.72. The highest BCUT2D eigenvalue weighted by molar-refractivity contribution is 5.94. The summed E-state index contributed by atoms with van der Waals surface area (Å²) in [6.45, 7) is 1.94. The molecule has 0 saturated carbocycles. The normalized spacial score (nSPS) is 14.4. The number of amides is 1. The van der Waals surface area contributed by atoms with Crippen molar-refractivity contribution < 1.29 is 18.0 Å². The van der Waals surface area contributed by atoms with Crippen molar-refractivity contribution in [3.05, 3.63) is 72.0 Å². The van der Waals surface area contributed by atoms with Crippen LogP contribution in [0.25, 0.3) is 16.9 Å². The van der Waals surface area contributed by atoms with E-state index in [-0.39, 0.29) is 35.4 Å².